The molecule has 2 nitrogen and oxygen atoms in total. The van der Waals surface area contributed by atoms with Crippen LogP contribution in [0.15, 0.2) is 47.6 Å². The van der Waals surface area contributed by atoms with E-state index in [0.29, 0.717) is 5.02 Å². The first-order chi connectivity index (χ1) is 8.70. The largest absolute Gasteiger partial charge is 0.324 e. The van der Waals surface area contributed by atoms with Gasteiger partial charge < -0.3 is 5.73 Å². The minimum atomic E-state index is -0.0409. The van der Waals surface area contributed by atoms with Gasteiger partial charge in [0.2, 0.25) is 0 Å². The van der Waals surface area contributed by atoms with Crippen LogP contribution < -0.4 is 5.73 Å². The SMILES string of the molecule is CSc1ccc(C(N)Cc2ccncc2Cl)cc1. The first kappa shape index (κ1) is 13.4. The van der Waals surface area contributed by atoms with Gasteiger partial charge in [0.1, 0.15) is 0 Å². The number of aromatic nitrogens is 1. The summed E-state index contributed by atoms with van der Waals surface area (Å²) in [5, 5.41) is 0.675. The van der Waals surface area contributed by atoms with Crippen molar-refractivity contribution in [3.05, 3.63) is 58.9 Å². The number of benzene rings is 1. The standard InChI is InChI=1S/C14H15ClN2S/c1-18-12-4-2-10(3-5-12)14(16)8-11-6-7-17-9-13(11)15/h2-7,9,14H,8,16H2,1H3. The monoisotopic (exact) mass is 278 g/mol. The smallest absolute Gasteiger partial charge is 0.0622 e. The molecule has 0 aliphatic heterocycles. The lowest BCUT2D eigenvalue weighted by atomic mass is 10.0. The number of thioether (sulfide) groups is 1. The highest BCUT2D eigenvalue weighted by molar-refractivity contribution is 7.98. The van der Waals surface area contributed by atoms with Crippen LogP contribution in [-0.2, 0) is 6.42 Å². The van der Waals surface area contributed by atoms with E-state index in [4.69, 9.17) is 17.3 Å². The van der Waals surface area contributed by atoms with E-state index in [2.05, 4.69) is 35.5 Å². The summed E-state index contributed by atoms with van der Waals surface area (Å²) in [5.41, 5.74) is 8.36. The molecule has 0 aliphatic carbocycles. The molecule has 1 aromatic heterocycles. The summed E-state index contributed by atoms with van der Waals surface area (Å²) in [6, 6.07) is 10.2. The fraction of sp³-hybridized carbons (Fsp3) is 0.214. The molecule has 0 bridgehead atoms. The van der Waals surface area contributed by atoms with Crippen LogP contribution in [0.1, 0.15) is 17.2 Å². The highest BCUT2D eigenvalue weighted by Gasteiger charge is 2.09. The van der Waals surface area contributed by atoms with Crippen LogP contribution in [0.3, 0.4) is 0 Å². The summed E-state index contributed by atoms with van der Waals surface area (Å²) < 4.78 is 0. The molecule has 94 valence electrons. The zero-order chi connectivity index (χ0) is 13.0. The van der Waals surface area contributed by atoms with Gasteiger partial charge in [-0.25, -0.2) is 0 Å². The zero-order valence-corrected chi connectivity index (χ0v) is 11.7. The Bertz CT molecular complexity index is 513. The van der Waals surface area contributed by atoms with Crippen LogP contribution in [0.5, 0.6) is 0 Å². The van der Waals surface area contributed by atoms with Crippen molar-refractivity contribution in [2.75, 3.05) is 6.26 Å². The normalized spacial score (nSPS) is 12.4. The van der Waals surface area contributed by atoms with Crippen LogP contribution in [-0.4, -0.2) is 11.2 Å². The van der Waals surface area contributed by atoms with Gasteiger partial charge in [-0.2, -0.15) is 0 Å². The van der Waals surface area contributed by atoms with E-state index in [1.165, 1.54) is 4.90 Å². The van der Waals surface area contributed by atoms with Crippen molar-refractivity contribution in [3.8, 4) is 0 Å². The lowest BCUT2D eigenvalue weighted by Gasteiger charge is -2.13. The van der Waals surface area contributed by atoms with Crippen LogP contribution in [0.25, 0.3) is 0 Å². The second-order valence-electron chi connectivity index (χ2n) is 4.05. The Morgan fingerprint density at radius 3 is 2.61 bits per heavy atom. The molecule has 1 unspecified atom stereocenters. The minimum Gasteiger partial charge on any atom is -0.324 e. The summed E-state index contributed by atoms with van der Waals surface area (Å²) in [6.45, 7) is 0. The van der Waals surface area contributed by atoms with Gasteiger partial charge in [0.15, 0.2) is 0 Å². The van der Waals surface area contributed by atoms with Crippen molar-refractivity contribution in [1.29, 1.82) is 0 Å². The van der Waals surface area contributed by atoms with Crippen LogP contribution >= 0.6 is 23.4 Å². The molecule has 4 heteroatoms. The van der Waals surface area contributed by atoms with Crippen LogP contribution in [0, 0.1) is 0 Å². The van der Waals surface area contributed by atoms with E-state index < -0.39 is 0 Å². The molecule has 0 spiro atoms. The second kappa shape index (κ2) is 6.23. The van der Waals surface area contributed by atoms with E-state index in [-0.39, 0.29) is 6.04 Å². The third-order valence-corrected chi connectivity index (χ3v) is 3.92. The Hall–Kier alpha value is -1.03. The number of nitrogens with zero attached hydrogens (tertiary/aromatic N) is 1. The van der Waals surface area contributed by atoms with E-state index in [1.807, 2.05) is 6.07 Å². The Balaban J connectivity index is 2.11. The molecular formula is C14H15ClN2S. The van der Waals surface area contributed by atoms with Gasteiger partial charge in [-0.15, -0.1) is 11.8 Å². The maximum Gasteiger partial charge on any atom is 0.0622 e. The number of halogens is 1. The molecule has 0 amide bonds. The van der Waals surface area contributed by atoms with Gasteiger partial charge in [-0.1, -0.05) is 23.7 Å². The van der Waals surface area contributed by atoms with Gasteiger partial charge in [0.05, 0.1) is 5.02 Å². The molecule has 1 atom stereocenters. The fourth-order valence-corrected chi connectivity index (χ4v) is 2.38. The lowest BCUT2D eigenvalue weighted by Crippen LogP contribution is -2.13. The van der Waals surface area contributed by atoms with E-state index in [9.17, 15) is 0 Å². The van der Waals surface area contributed by atoms with Crippen molar-refractivity contribution in [2.45, 2.75) is 17.4 Å². The van der Waals surface area contributed by atoms with Gasteiger partial charge in [0, 0.05) is 23.3 Å². The van der Waals surface area contributed by atoms with Crippen molar-refractivity contribution in [2.24, 2.45) is 5.73 Å². The maximum atomic E-state index is 6.20. The summed E-state index contributed by atoms with van der Waals surface area (Å²) in [4.78, 5) is 5.22. The molecule has 1 aromatic carbocycles. The third kappa shape index (κ3) is 3.25. The minimum absolute atomic E-state index is 0.0409. The number of rotatable bonds is 4. The number of pyridine rings is 1. The van der Waals surface area contributed by atoms with Gasteiger partial charge in [-0.05, 0) is 42.0 Å². The quantitative estimate of drug-likeness (QED) is 0.867. The van der Waals surface area contributed by atoms with E-state index in [1.54, 1.807) is 24.2 Å². The lowest BCUT2D eigenvalue weighted by molar-refractivity contribution is 0.720. The number of hydrogen-bond donors (Lipinski definition) is 1. The van der Waals surface area contributed by atoms with Crippen LogP contribution in [0.2, 0.25) is 5.02 Å². The highest BCUT2D eigenvalue weighted by Crippen LogP contribution is 2.23. The van der Waals surface area contributed by atoms with Crippen molar-refractivity contribution < 1.29 is 0 Å². The van der Waals surface area contributed by atoms with Gasteiger partial charge >= 0.3 is 0 Å². The second-order valence-corrected chi connectivity index (χ2v) is 5.34. The maximum absolute atomic E-state index is 6.20. The Labute approximate surface area is 117 Å². The number of nitrogens with two attached hydrogens (primary N) is 1. The van der Waals surface area contributed by atoms with Crippen molar-refractivity contribution in [3.63, 3.8) is 0 Å². The predicted octanol–water partition coefficient (Wildman–Crippen LogP) is 3.70. The van der Waals surface area contributed by atoms with Gasteiger partial charge in [-0.3, -0.25) is 4.98 Å². The highest BCUT2D eigenvalue weighted by atomic mass is 35.5. The summed E-state index contributed by atoms with van der Waals surface area (Å²) in [7, 11) is 0. The first-order valence-corrected chi connectivity index (χ1v) is 7.29. The summed E-state index contributed by atoms with van der Waals surface area (Å²) in [6.07, 6.45) is 6.18. The molecule has 18 heavy (non-hydrogen) atoms. The molecular weight excluding hydrogens is 264 g/mol. The van der Waals surface area contributed by atoms with E-state index >= 15 is 0 Å². The zero-order valence-electron chi connectivity index (χ0n) is 10.1. The molecule has 0 aliphatic rings. The molecule has 0 saturated heterocycles. The summed E-state index contributed by atoms with van der Waals surface area (Å²) in [5.74, 6) is 0. The predicted molar refractivity (Wildman–Crippen MR) is 78.1 cm³/mol. The Kier molecular flexibility index (Phi) is 4.64. The molecule has 2 aromatic rings. The average molecular weight is 279 g/mol. The first-order valence-electron chi connectivity index (χ1n) is 5.68. The average Bonchev–Trinajstić information content (AvgIpc) is 2.41. The van der Waals surface area contributed by atoms with Crippen LogP contribution in [0.4, 0.5) is 0 Å². The molecule has 0 radical (unpaired) electrons. The molecule has 2 N–H and O–H groups in total. The van der Waals surface area contributed by atoms with Crippen molar-refractivity contribution in [1.82, 2.24) is 4.98 Å². The molecule has 0 saturated carbocycles. The molecule has 2 rings (SSSR count). The molecule has 0 fully saturated rings. The molecule has 1 heterocycles. The van der Waals surface area contributed by atoms with Gasteiger partial charge in [0.25, 0.3) is 0 Å². The number of hydrogen-bond acceptors (Lipinski definition) is 3. The fourth-order valence-electron chi connectivity index (χ4n) is 1.78. The van der Waals surface area contributed by atoms with E-state index in [0.717, 1.165) is 17.5 Å². The Morgan fingerprint density at radius 2 is 2.00 bits per heavy atom. The Morgan fingerprint density at radius 1 is 1.28 bits per heavy atom. The summed E-state index contributed by atoms with van der Waals surface area (Å²) >= 11 is 7.81. The third-order valence-electron chi connectivity index (χ3n) is 2.84. The van der Waals surface area contributed by atoms with Crippen molar-refractivity contribution >= 4 is 23.4 Å². The topological polar surface area (TPSA) is 38.9 Å².